The number of likely N-dealkylation sites (N-methyl/N-ethyl adjacent to an activating group) is 1. The number of aliphatic hydroxyl groups excluding tert-OH is 1. The molecule has 3 amide bonds. The van der Waals surface area contributed by atoms with Crippen LogP contribution in [-0.4, -0.2) is 71.5 Å². The van der Waals surface area contributed by atoms with Crippen LogP contribution in [0.3, 0.4) is 0 Å². The predicted molar refractivity (Wildman–Crippen MR) is 184 cm³/mol. The lowest BCUT2D eigenvalue weighted by Gasteiger charge is -2.38. The van der Waals surface area contributed by atoms with Crippen LogP contribution in [0, 0.1) is 11.8 Å². The fourth-order valence-corrected chi connectivity index (χ4v) is 6.38. The molecule has 1 heterocycles. The number of carbonyl (C=O) groups is 3. The number of ether oxygens (including phenoxy) is 1. The van der Waals surface area contributed by atoms with Gasteiger partial charge in [0.1, 0.15) is 11.9 Å². The summed E-state index contributed by atoms with van der Waals surface area (Å²) >= 11 is 0. The SMILES string of the molecule is C[C@@H]1CN([C@@H](C)CO)C(=O)c2cc(NC(=O)C3CCCCC3)ccc2O[C@@H]1CN(C)Cc1ccc(C(=O)Nc2ccccc2N)cc1. The second kappa shape index (κ2) is 15.5. The Morgan fingerprint density at radius 1 is 1.04 bits per heavy atom. The molecule has 0 saturated heterocycles. The molecule has 3 atom stereocenters. The number of hydrogen-bond acceptors (Lipinski definition) is 7. The van der Waals surface area contributed by atoms with Crippen LogP contribution in [0.1, 0.15) is 72.2 Å². The van der Waals surface area contributed by atoms with Crippen LogP contribution in [0.2, 0.25) is 0 Å². The Bertz CT molecular complexity index is 1550. The van der Waals surface area contributed by atoms with Crippen molar-refractivity contribution in [3.8, 4) is 5.75 Å². The minimum atomic E-state index is -0.385. The van der Waals surface area contributed by atoms with Gasteiger partial charge in [0.05, 0.1) is 29.6 Å². The molecule has 1 fully saturated rings. The number of nitrogens with one attached hydrogen (secondary N) is 2. The fraction of sp³-hybridized carbons (Fsp3) is 0.432. The third kappa shape index (κ3) is 8.50. The van der Waals surface area contributed by atoms with Crippen LogP contribution < -0.4 is 21.1 Å². The van der Waals surface area contributed by atoms with Crippen molar-refractivity contribution in [2.24, 2.45) is 11.8 Å². The standard InChI is InChI=1S/C37H47N5O5/c1-24-20-42(25(2)23-43)37(46)30-19-29(39-35(44)27-9-5-4-6-10-27)17-18-33(30)47-34(24)22-41(3)21-26-13-15-28(16-14-26)36(45)40-32-12-8-7-11-31(32)38/h7-8,11-19,24-25,27,34,43H,4-6,9-10,20-23,38H2,1-3H3,(H,39,44)(H,40,45)/t24-,25+,34-/m1/s1. The van der Waals surface area contributed by atoms with Crippen molar-refractivity contribution >= 4 is 34.8 Å². The molecule has 5 N–H and O–H groups in total. The van der Waals surface area contributed by atoms with E-state index in [1.807, 2.05) is 38.2 Å². The number of rotatable bonds is 10. The van der Waals surface area contributed by atoms with Gasteiger partial charge in [-0.15, -0.1) is 0 Å². The number of nitrogens with zero attached hydrogens (tertiary/aromatic N) is 2. The van der Waals surface area contributed by atoms with Gasteiger partial charge in [0.15, 0.2) is 0 Å². The second-order valence-corrected chi connectivity index (χ2v) is 13.1. The Morgan fingerprint density at radius 2 is 1.77 bits per heavy atom. The van der Waals surface area contributed by atoms with Gasteiger partial charge in [0.2, 0.25) is 5.91 Å². The maximum absolute atomic E-state index is 13.8. The number of carbonyl (C=O) groups excluding carboxylic acids is 3. The first kappa shape index (κ1) is 33.9. The quantitative estimate of drug-likeness (QED) is 0.218. The molecule has 0 unspecified atom stereocenters. The molecule has 0 aromatic heterocycles. The molecule has 250 valence electrons. The summed E-state index contributed by atoms with van der Waals surface area (Å²) in [6.07, 6.45) is 4.80. The highest BCUT2D eigenvalue weighted by Gasteiger charge is 2.34. The van der Waals surface area contributed by atoms with E-state index in [2.05, 4.69) is 22.5 Å². The van der Waals surface area contributed by atoms with Crippen molar-refractivity contribution < 1.29 is 24.2 Å². The van der Waals surface area contributed by atoms with E-state index in [0.717, 1.165) is 31.2 Å². The molecule has 10 nitrogen and oxygen atoms in total. The minimum Gasteiger partial charge on any atom is -0.488 e. The Balaban J connectivity index is 1.28. The molecule has 0 radical (unpaired) electrons. The van der Waals surface area contributed by atoms with Gasteiger partial charge in [0, 0.05) is 42.7 Å². The Labute approximate surface area is 277 Å². The molecular weight excluding hydrogens is 594 g/mol. The highest BCUT2D eigenvalue weighted by Crippen LogP contribution is 2.32. The molecule has 1 saturated carbocycles. The zero-order valence-electron chi connectivity index (χ0n) is 27.6. The maximum Gasteiger partial charge on any atom is 0.258 e. The average molecular weight is 642 g/mol. The summed E-state index contributed by atoms with van der Waals surface area (Å²) in [7, 11) is 2.01. The summed E-state index contributed by atoms with van der Waals surface area (Å²) in [6.45, 7) is 5.33. The Kier molecular flexibility index (Phi) is 11.2. The molecule has 0 spiro atoms. The second-order valence-electron chi connectivity index (χ2n) is 13.1. The highest BCUT2D eigenvalue weighted by molar-refractivity contribution is 6.05. The first-order valence-corrected chi connectivity index (χ1v) is 16.6. The van der Waals surface area contributed by atoms with Gasteiger partial charge < -0.3 is 31.1 Å². The molecule has 47 heavy (non-hydrogen) atoms. The van der Waals surface area contributed by atoms with Gasteiger partial charge in [-0.05, 0) is 74.8 Å². The minimum absolute atomic E-state index is 0.00730. The van der Waals surface area contributed by atoms with Crippen molar-refractivity contribution in [1.82, 2.24) is 9.80 Å². The van der Waals surface area contributed by atoms with Crippen LogP contribution in [0.15, 0.2) is 66.7 Å². The van der Waals surface area contributed by atoms with E-state index in [1.165, 1.54) is 6.42 Å². The number of amides is 3. The maximum atomic E-state index is 13.8. The van der Waals surface area contributed by atoms with Crippen molar-refractivity contribution in [3.63, 3.8) is 0 Å². The summed E-state index contributed by atoms with van der Waals surface area (Å²) < 4.78 is 6.56. The number of para-hydroxylation sites is 2. The predicted octanol–water partition coefficient (Wildman–Crippen LogP) is 5.39. The number of anilines is 3. The molecule has 2 aliphatic rings. The summed E-state index contributed by atoms with van der Waals surface area (Å²) in [5.74, 6) is -0.0522. The topological polar surface area (TPSA) is 137 Å². The molecular formula is C37H47N5O5. The van der Waals surface area contributed by atoms with Crippen molar-refractivity contribution in [2.45, 2.75) is 64.6 Å². The molecule has 1 aliphatic carbocycles. The van der Waals surface area contributed by atoms with Crippen molar-refractivity contribution in [3.05, 3.63) is 83.4 Å². The monoisotopic (exact) mass is 641 g/mol. The molecule has 3 aromatic carbocycles. The smallest absolute Gasteiger partial charge is 0.258 e. The summed E-state index contributed by atoms with van der Waals surface area (Å²) in [5, 5.41) is 15.9. The number of nitrogen functional groups attached to an aromatic ring is 1. The Hall–Kier alpha value is -4.41. The summed E-state index contributed by atoms with van der Waals surface area (Å²) in [6, 6.07) is 19.5. The van der Waals surface area contributed by atoms with Gasteiger partial charge in [-0.3, -0.25) is 19.3 Å². The third-order valence-corrected chi connectivity index (χ3v) is 9.28. The van der Waals surface area contributed by atoms with Crippen molar-refractivity contribution in [1.29, 1.82) is 0 Å². The number of benzene rings is 3. The van der Waals surface area contributed by atoms with Crippen LogP contribution in [0.5, 0.6) is 5.75 Å². The van der Waals surface area contributed by atoms with E-state index in [4.69, 9.17) is 10.5 Å². The van der Waals surface area contributed by atoms with Crippen LogP contribution in [0.4, 0.5) is 17.1 Å². The summed E-state index contributed by atoms with van der Waals surface area (Å²) in [4.78, 5) is 43.4. The summed E-state index contributed by atoms with van der Waals surface area (Å²) in [5.41, 5.74) is 9.56. The Morgan fingerprint density at radius 3 is 2.47 bits per heavy atom. The van der Waals surface area contributed by atoms with Gasteiger partial charge >= 0.3 is 0 Å². The molecule has 5 rings (SSSR count). The number of hydrogen-bond donors (Lipinski definition) is 4. The zero-order valence-corrected chi connectivity index (χ0v) is 27.6. The van der Waals surface area contributed by atoms with Gasteiger partial charge in [-0.2, -0.15) is 0 Å². The van der Waals surface area contributed by atoms with Crippen molar-refractivity contribution in [2.75, 3.05) is 43.1 Å². The first-order chi connectivity index (χ1) is 22.6. The zero-order chi connectivity index (χ0) is 33.5. The van der Waals surface area contributed by atoms with E-state index >= 15 is 0 Å². The van der Waals surface area contributed by atoms with Gasteiger partial charge in [0.25, 0.3) is 11.8 Å². The van der Waals surface area contributed by atoms with E-state index in [-0.39, 0.29) is 48.3 Å². The van der Waals surface area contributed by atoms with E-state index < -0.39 is 0 Å². The largest absolute Gasteiger partial charge is 0.488 e. The molecule has 3 aromatic rings. The van der Waals surface area contributed by atoms with Gasteiger partial charge in [-0.25, -0.2) is 0 Å². The molecule has 0 bridgehead atoms. The molecule has 1 aliphatic heterocycles. The van der Waals surface area contributed by atoms with E-state index in [0.29, 0.717) is 53.6 Å². The average Bonchev–Trinajstić information content (AvgIpc) is 3.08. The number of nitrogens with two attached hydrogens (primary N) is 1. The van der Waals surface area contributed by atoms with Crippen LogP contribution in [-0.2, 0) is 11.3 Å². The van der Waals surface area contributed by atoms with Gasteiger partial charge in [-0.1, -0.05) is 50.5 Å². The van der Waals surface area contributed by atoms with Crippen LogP contribution >= 0.6 is 0 Å². The number of fused-ring (bicyclic) bond motifs is 1. The van der Waals surface area contributed by atoms with Crippen LogP contribution in [0.25, 0.3) is 0 Å². The lowest BCUT2D eigenvalue weighted by molar-refractivity contribution is -0.120. The lowest BCUT2D eigenvalue weighted by Crippen LogP contribution is -2.49. The first-order valence-electron chi connectivity index (χ1n) is 16.6. The number of aliphatic hydroxyl groups is 1. The lowest BCUT2D eigenvalue weighted by atomic mass is 9.88. The fourth-order valence-electron chi connectivity index (χ4n) is 6.38. The normalized spacial score (nSPS) is 19.3. The third-order valence-electron chi connectivity index (χ3n) is 9.28. The molecule has 10 heteroatoms. The highest BCUT2D eigenvalue weighted by atomic mass is 16.5. The van der Waals surface area contributed by atoms with E-state index in [9.17, 15) is 19.5 Å². The van der Waals surface area contributed by atoms with E-state index in [1.54, 1.807) is 47.4 Å².